The minimum absolute atomic E-state index is 0.612. The van der Waals surface area contributed by atoms with Crippen molar-refractivity contribution in [1.29, 1.82) is 0 Å². The van der Waals surface area contributed by atoms with Crippen molar-refractivity contribution >= 4 is 22.5 Å². The Kier molecular flexibility index (Phi) is 3.35. The van der Waals surface area contributed by atoms with Crippen LogP contribution in [0, 0.1) is 0 Å². The van der Waals surface area contributed by atoms with Gasteiger partial charge in [0.05, 0.1) is 5.69 Å². The van der Waals surface area contributed by atoms with E-state index in [0.717, 1.165) is 42.4 Å². The van der Waals surface area contributed by atoms with Gasteiger partial charge >= 0.3 is 0 Å². The second-order valence-electron chi connectivity index (χ2n) is 6.94. The van der Waals surface area contributed by atoms with Gasteiger partial charge in [0.2, 0.25) is 0 Å². The fourth-order valence-corrected chi connectivity index (χ4v) is 3.74. The summed E-state index contributed by atoms with van der Waals surface area (Å²) in [5, 5.41) is 2.00. The number of aromatic nitrogens is 3. The molecule has 24 heavy (non-hydrogen) atoms. The van der Waals surface area contributed by atoms with Crippen LogP contribution in [0.15, 0.2) is 30.6 Å². The molecular weight excluding hydrogens is 320 g/mol. The first-order chi connectivity index (χ1) is 11.8. The summed E-state index contributed by atoms with van der Waals surface area (Å²) in [7, 11) is 0. The minimum atomic E-state index is 0.612. The highest BCUT2D eigenvalue weighted by Gasteiger charge is 2.28. The smallest absolute Gasteiger partial charge is 0.131 e. The van der Waals surface area contributed by atoms with Gasteiger partial charge in [-0.05, 0) is 48.6 Å². The Balaban J connectivity index is 1.40. The van der Waals surface area contributed by atoms with Gasteiger partial charge in [0.15, 0.2) is 0 Å². The van der Waals surface area contributed by atoms with E-state index in [9.17, 15) is 0 Å². The molecule has 0 saturated heterocycles. The van der Waals surface area contributed by atoms with E-state index < -0.39 is 0 Å². The lowest BCUT2D eigenvalue weighted by molar-refractivity contribution is 0.241. The van der Waals surface area contributed by atoms with Gasteiger partial charge in [0.1, 0.15) is 5.82 Å². The van der Waals surface area contributed by atoms with Crippen molar-refractivity contribution in [2.75, 3.05) is 6.54 Å². The monoisotopic (exact) mass is 338 g/mol. The van der Waals surface area contributed by atoms with Crippen LogP contribution in [0.5, 0.6) is 0 Å². The molecule has 0 spiro atoms. The maximum atomic E-state index is 6.17. The Labute approximate surface area is 145 Å². The number of aromatic amines is 1. The van der Waals surface area contributed by atoms with Crippen molar-refractivity contribution in [3.63, 3.8) is 0 Å². The first kappa shape index (κ1) is 14.4. The molecule has 0 atom stereocenters. The van der Waals surface area contributed by atoms with Gasteiger partial charge in [-0.25, -0.2) is 9.97 Å². The van der Waals surface area contributed by atoms with Crippen LogP contribution in [0.1, 0.15) is 41.4 Å². The Morgan fingerprint density at radius 3 is 3.08 bits per heavy atom. The minimum Gasteiger partial charge on any atom is -0.361 e. The normalized spacial score (nSPS) is 18.0. The Morgan fingerprint density at radius 2 is 2.21 bits per heavy atom. The highest BCUT2D eigenvalue weighted by Crippen LogP contribution is 2.38. The van der Waals surface area contributed by atoms with Crippen LogP contribution in [0.4, 0.5) is 0 Å². The summed E-state index contributed by atoms with van der Waals surface area (Å²) >= 11 is 6.17. The van der Waals surface area contributed by atoms with Crippen LogP contribution in [-0.2, 0) is 19.5 Å². The predicted octanol–water partition coefficient (Wildman–Crippen LogP) is 4.05. The summed E-state index contributed by atoms with van der Waals surface area (Å²) in [4.78, 5) is 15.2. The average Bonchev–Trinajstić information content (AvgIpc) is 3.38. The van der Waals surface area contributed by atoms with Crippen LogP contribution in [0.25, 0.3) is 10.9 Å². The first-order valence-electron chi connectivity index (χ1n) is 8.59. The van der Waals surface area contributed by atoms with E-state index in [4.69, 9.17) is 16.6 Å². The maximum absolute atomic E-state index is 6.17. The zero-order valence-electron chi connectivity index (χ0n) is 13.4. The molecular formula is C19H19ClN4. The van der Waals surface area contributed by atoms with Crippen molar-refractivity contribution in [3.05, 3.63) is 58.3 Å². The number of benzene rings is 1. The van der Waals surface area contributed by atoms with Crippen LogP contribution in [0.2, 0.25) is 5.02 Å². The Hall–Kier alpha value is -1.91. The molecule has 5 heteroatoms. The summed E-state index contributed by atoms with van der Waals surface area (Å²) < 4.78 is 0. The van der Waals surface area contributed by atoms with Crippen LogP contribution in [0.3, 0.4) is 0 Å². The number of nitrogens with zero attached hydrogens (tertiary/aromatic N) is 3. The topological polar surface area (TPSA) is 44.8 Å². The summed E-state index contributed by atoms with van der Waals surface area (Å²) in [5.41, 5.74) is 4.98. The van der Waals surface area contributed by atoms with E-state index >= 15 is 0 Å². The summed E-state index contributed by atoms with van der Waals surface area (Å²) in [6.45, 7) is 2.87. The third-order valence-corrected chi connectivity index (χ3v) is 5.34. The number of rotatable bonds is 3. The standard InChI is InChI=1S/C19H19ClN4/c20-15-3-4-17-16(7-15)14(9-21-17)10-24-6-5-13-8-22-19(12-1-2-12)23-18(13)11-24/h3-4,7-9,12,21H,1-2,5-6,10-11H2. The molecule has 4 nitrogen and oxygen atoms in total. The molecule has 0 unspecified atom stereocenters. The number of nitrogens with one attached hydrogen (secondary N) is 1. The van der Waals surface area contributed by atoms with E-state index in [-0.39, 0.29) is 0 Å². The highest BCUT2D eigenvalue weighted by atomic mass is 35.5. The van der Waals surface area contributed by atoms with Gasteiger partial charge < -0.3 is 4.98 Å². The predicted molar refractivity (Wildman–Crippen MR) is 95.1 cm³/mol. The number of hydrogen-bond acceptors (Lipinski definition) is 3. The molecule has 3 aromatic rings. The molecule has 1 saturated carbocycles. The largest absolute Gasteiger partial charge is 0.361 e. The molecule has 0 bridgehead atoms. The number of H-pyrrole nitrogens is 1. The van der Waals surface area contributed by atoms with Crippen molar-refractivity contribution in [1.82, 2.24) is 19.9 Å². The number of halogens is 1. The van der Waals surface area contributed by atoms with Gasteiger partial charge in [-0.2, -0.15) is 0 Å². The molecule has 3 heterocycles. The van der Waals surface area contributed by atoms with Crippen LogP contribution >= 0.6 is 11.6 Å². The van der Waals surface area contributed by atoms with Crippen molar-refractivity contribution < 1.29 is 0 Å². The highest BCUT2D eigenvalue weighted by molar-refractivity contribution is 6.31. The zero-order valence-corrected chi connectivity index (χ0v) is 14.2. The maximum Gasteiger partial charge on any atom is 0.131 e. The van der Waals surface area contributed by atoms with Gasteiger partial charge in [-0.15, -0.1) is 0 Å². The van der Waals surface area contributed by atoms with Crippen LogP contribution < -0.4 is 0 Å². The lowest BCUT2D eigenvalue weighted by Gasteiger charge is -2.27. The molecule has 2 aliphatic rings. The first-order valence-corrected chi connectivity index (χ1v) is 8.96. The third-order valence-electron chi connectivity index (χ3n) is 5.11. The summed E-state index contributed by atoms with van der Waals surface area (Å²) in [6, 6.07) is 6.02. The van der Waals surface area contributed by atoms with Gasteiger partial charge in [-0.1, -0.05) is 11.6 Å². The van der Waals surface area contributed by atoms with Gasteiger partial charge in [0.25, 0.3) is 0 Å². The summed E-state index contributed by atoms with van der Waals surface area (Å²) in [5.74, 6) is 1.66. The molecule has 1 aromatic carbocycles. The molecule has 1 fully saturated rings. The zero-order chi connectivity index (χ0) is 16.1. The van der Waals surface area contributed by atoms with Crippen molar-refractivity contribution in [2.45, 2.75) is 38.3 Å². The van der Waals surface area contributed by atoms with E-state index in [1.807, 2.05) is 18.2 Å². The van der Waals surface area contributed by atoms with E-state index in [1.165, 1.54) is 35.0 Å². The fraction of sp³-hybridized carbons (Fsp3) is 0.368. The molecule has 1 aliphatic heterocycles. The average molecular weight is 339 g/mol. The lowest BCUT2D eigenvalue weighted by atomic mass is 10.1. The van der Waals surface area contributed by atoms with E-state index in [2.05, 4.69) is 27.3 Å². The summed E-state index contributed by atoms with van der Waals surface area (Å²) in [6.07, 6.45) is 7.69. The third kappa shape index (κ3) is 2.60. The Morgan fingerprint density at radius 1 is 1.29 bits per heavy atom. The van der Waals surface area contributed by atoms with Crippen molar-refractivity contribution in [2.24, 2.45) is 0 Å². The van der Waals surface area contributed by atoms with E-state index in [0.29, 0.717) is 5.92 Å². The SMILES string of the molecule is Clc1ccc2[nH]cc(CN3CCc4cnc(C5CC5)nc4C3)c2c1. The Bertz CT molecular complexity index is 913. The molecule has 1 aliphatic carbocycles. The molecule has 122 valence electrons. The van der Waals surface area contributed by atoms with Crippen LogP contribution in [-0.4, -0.2) is 26.4 Å². The molecule has 2 aromatic heterocycles. The second-order valence-corrected chi connectivity index (χ2v) is 7.38. The molecule has 5 rings (SSSR count). The molecule has 0 radical (unpaired) electrons. The second kappa shape index (κ2) is 5.57. The number of hydrogen-bond donors (Lipinski definition) is 1. The lowest BCUT2D eigenvalue weighted by Crippen LogP contribution is -2.31. The van der Waals surface area contributed by atoms with Gasteiger partial charge in [0, 0.05) is 53.9 Å². The fourth-order valence-electron chi connectivity index (χ4n) is 3.57. The quantitative estimate of drug-likeness (QED) is 0.783. The molecule has 0 amide bonds. The van der Waals surface area contributed by atoms with Gasteiger partial charge in [-0.3, -0.25) is 4.90 Å². The number of fused-ring (bicyclic) bond motifs is 2. The van der Waals surface area contributed by atoms with Crippen molar-refractivity contribution in [3.8, 4) is 0 Å². The van der Waals surface area contributed by atoms with E-state index in [1.54, 1.807) is 0 Å². The molecule has 1 N–H and O–H groups in total.